The number of ether oxygens (including phenoxy) is 1. The van der Waals surface area contributed by atoms with Crippen LogP contribution >= 0.6 is 0 Å². The fourth-order valence-electron chi connectivity index (χ4n) is 3.73. The van der Waals surface area contributed by atoms with Crippen molar-refractivity contribution in [2.75, 3.05) is 13.1 Å². The van der Waals surface area contributed by atoms with Crippen LogP contribution in [0.3, 0.4) is 0 Å². The third-order valence-corrected chi connectivity index (χ3v) is 7.55. The summed E-state index contributed by atoms with van der Waals surface area (Å²) >= 11 is 0. The summed E-state index contributed by atoms with van der Waals surface area (Å²) in [4.78, 5) is 17.2. The van der Waals surface area contributed by atoms with E-state index in [1.165, 1.54) is 16.4 Å². The Hall–Kier alpha value is -3.23. The number of rotatable bonds is 8. The molecule has 4 rings (SSSR count). The second-order valence-corrected chi connectivity index (χ2v) is 9.95. The van der Waals surface area contributed by atoms with Crippen molar-refractivity contribution in [3.63, 3.8) is 0 Å². The monoisotopic (exact) mass is 465 g/mol. The van der Waals surface area contributed by atoms with Crippen LogP contribution in [-0.2, 0) is 16.6 Å². The molecule has 8 heteroatoms. The van der Waals surface area contributed by atoms with Crippen molar-refractivity contribution in [1.82, 2.24) is 14.6 Å². The molecule has 3 aromatic rings. The summed E-state index contributed by atoms with van der Waals surface area (Å²) in [6.45, 7) is 3.35. The molecule has 7 nitrogen and oxygen atoms in total. The minimum absolute atomic E-state index is 0.215. The Bertz CT molecular complexity index is 1190. The van der Waals surface area contributed by atoms with Crippen molar-refractivity contribution in [2.45, 2.75) is 37.3 Å². The molecular weight excluding hydrogens is 438 g/mol. The van der Waals surface area contributed by atoms with E-state index in [9.17, 15) is 13.2 Å². The maximum absolute atomic E-state index is 12.7. The Morgan fingerprint density at radius 2 is 1.82 bits per heavy atom. The van der Waals surface area contributed by atoms with Gasteiger partial charge in [-0.15, -0.1) is 0 Å². The number of benzene rings is 2. The van der Waals surface area contributed by atoms with Gasteiger partial charge in [0.1, 0.15) is 12.4 Å². The second kappa shape index (κ2) is 10.1. The number of pyridine rings is 1. The molecule has 0 radical (unpaired) electrons. The van der Waals surface area contributed by atoms with Gasteiger partial charge >= 0.3 is 0 Å². The van der Waals surface area contributed by atoms with Gasteiger partial charge < -0.3 is 10.1 Å². The molecule has 1 N–H and O–H groups in total. The SMILES string of the molecule is CC(NC(=O)c1ccc(S(=O)(=O)N2CCCC2)cc1)c1cccc(OCc2ccccn2)c1. The van der Waals surface area contributed by atoms with Crippen LogP contribution in [0, 0.1) is 0 Å². The number of carbonyl (C=O) groups is 1. The van der Waals surface area contributed by atoms with Gasteiger partial charge in [0.2, 0.25) is 10.0 Å². The lowest BCUT2D eigenvalue weighted by atomic mass is 10.1. The van der Waals surface area contributed by atoms with Crippen LogP contribution in [0.4, 0.5) is 0 Å². The van der Waals surface area contributed by atoms with Crippen molar-refractivity contribution in [2.24, 2.45) is 0 Å². The van der Waals surface area contributed by atoms with Gasteiger partial charge in [0, 0.05) is 24.8 Å². The zero-order valence-electron chi connectivity index (χ0n) is 18.5. The van der Waals surface area contributed by atoms with Crippen LogP contribution in [0.1, 0.15) is 47.4 Å². The quantitative estimate of drug-likeness (QED) is 0.544. The Kier molecular flexibility index (Phi) is 7.05. The Balaban J connectivity index is 1.38. The summed E-state index contributed by atoms with van der Waals surface area (Å²) in [5.74, 6) is 0.420. The van der Waals surface area contributed by atoms with E-state index < -0.39 is 10.0 Å². The van der Waals surface area contributed by atoms with Crippen LogP contribution < -0.4 is 10.1 Å². The van der Waals surface area contributed by atoms with E-state index in [0.29, 0.717) is 31.0 Å². The van der Waals surface area contributed by atoms with Crippen molar-refractivity contribution in [3.05, 3.63) is 89.7 Å². The lowest BCUT2D eigenvalue weighted by molar-refractivity contribution is 0.0939. The molecule has 2 aromatic carbocycles. The molecule has 2 heterocycles. The van der Waals surface area contributed by atoms with Gasteiger partial charge in [0.15, 0.2) is 0 Å². The molecule has 1 saturated heterocycles. The molecule has 0 bridgehead atoms. The van der Waals surface area contributed by atoms with E-state index in [0.717, 1.165) is 24.1 Å². The fourth-order valence-corrected chi connectivity index (χ4v) is 5.25. The average molecular weight is 466 g/mol. The van der Waals surface area contributed by atoms with Crippen LogP contribution in [0.5, 0.6) is 5.75 Å². The number of carbonyl (C=O) groups excluding carboxylic acids is 1. The lowest BCUT2D eigenvalue weighted by Crippen LogP contribution is -2.28. The third-order valence-electron chi connectivity index (χ3n) is 5.64. The first-order valence-electron chi connectivity index (χ1n) is 11.0. The molecule has 0 spiro atoms. The molecule has 1 amide bonds. The van der Waals surface area contributed by atoms with Crippen LogP contribution in [-0.4, -0.2) is 36.7 Å². The maximum atomic E-state index is 12.7. The van der Waals surface area contributed by atoms with Crippen LogP contribution in [0.2, 0.25) is 0 Å². The predicted octanol–water partition coefficient (Wildman–Crippen LogP) is 3.94. The van der Waals surface area contributed by atoms with Crippen molar-refractivity contribution < 1.29 is 17.9 Å². The van der Waals surface area contributed by atoms with E-state index in [1.807, 2.05) is 49.4 Å². The maximum Gasteiger partial charge on any atom is 0.251 e. The summed E-state index contributed by atoms with van der Waals surface area (Å²) in [6, 6.07) is 19.1. The molecule has 1 aromatic heterocycles. The summed E-state index contributed by atoms with van der Waals surface area (Å²) in [5, 5.41) is 2.96. The number of aromatic nitrogens is 1. The third kappa shape index (κ3) is 5.58. The highest BCUT2D eigenvalue weighted by molar-refractivity contribution is 7.89. The van der Waals surface area contributed by atoms with Gasteiger partial charge in [-0.3, -0.25) is 9.78 Å². The molecular formula is C25H27N3O4S. The molecule has 1 atom stereocenters. The van der Waals surface area contributed by atoms with Crippen molar-refractivity contribution in [3.8, 4) is 5.75 Å². The number of amides is 1. The van der Waals surface area contributed by atoms with E-state index in [-0.39, 0.29) is 16.8 Å². The molecule has 0 saturated carbocycles. The zero-order chi connectivity index (χ0) is 23.3. The predicted molar refractivity (Wildman–Crippen MR) is 125 cm³/mol. The number of nitrogens with zero attached hydrogens (tertiary/aromatic N) is 2. The Labute approximate surface area is 194 Å². The standard InChI is InChI=1S/C25H27N3O4S/c1-19(21-7-6-9-23(17-21)32-18-22-8-2-3-14-26-22)27-25(29)20-10-12-24(13-11-20)33(30,31)28-15-4-5-16-28/h2-3,6-14,17,19H,4-5,15-16,18H2,1H3,(H,27,29). The summed E-state index contributed by atoms with van der Waals surface area (Å²) in [7, 11) is -3.49. The first-order valence-corrected chi connectivity index (χ1v) is 12.4. The van der Waals surface area contributed by atoms with Gasteiger partial charge in [0.05, 0.1) is 16.6 Å². The van der Waals surface area contributed by atoms with E-state index >= 15 is 0 Å². The van der Waals surface area contributed by atoms with Crippen LogP contribution in [0.25, 0.3) is 0 Å². The molecule has 33 heavy (non-hydrogen) atoms. The van der Waals surface area contributed by atoms with Gasteiger partial charge in [-0.25, -0.2) is 8.42 Å². The Morgan fingerprint density at radius 3 is 2.52 bits per heavy atom. The second-order valence-electron chi connectivity index (χ2n) is 8.01. The first kappa shape index (κ1) is 22.9. The topological polar surface area (TPSA) is 88.6 Å². The Morgan fingerprint density at radius 1 is 1.06 bits per heavy atom. The van der Waals surface area contributed by atoms with Crippen molar-refractivity contribution in [1.29, 1.82) is 0 Å². The molecule has 1 unspecified atom stereocenters. The number of hydrogen-bond acceptors (Lipinski definition) is 5. The molecule has 1 aliphatic heterocycles. The normalized spacial score (nSPS) is 15.2. The summed E-state index contributed by atoms with van der Waals surface area (Å²) in [5.41, 5.74) is 2.14. The number of hydrogen-bond donors (Lipinski definition) is 1. The molecule has 0 aliphatic carbocycles. The van der Waals surface area contributed by atoms with Crippen molar-refractivity contribution >= 4 is 15.9 Å². The summed E-state index contributed by atoms with van der Waals surface area (Å²) in [6.07, 6.45) is 3.49. The fraction of sp³-hybridized carbons (Fsp3) is 0.280. The average Bonchev–Trinajstić information content (AvgIpc) is 3.40. The molecule has 1 fully saturated rings. The summed E-state index contributed by atoms with van der Waals surface area (Å²) < 4.78 is 32.6. The first-order chi connectivity index (χ1) is 15.9. The smallest absolute Gasteiger partial charge is 0.251 e. The lowest BCUT2D eigenvalue weighted by Gasteiger charge is -2.17. The highest BCUT2D eigenvalue weighted by Crippen LogP contribution is 2.23. The highest BCUT2D eigenvalue weighted by atomic mass is 32.2. The van der Waals surface area contributed by atoms with E-state index in [1.54, 1.807) is 18.3 Å². The van der Waals surface area contributed by atoms with E-state index in [2.05, 4.69) is 10.3 Å². The number of sulfonamides is 1. The van der Waals surface area contributed by atoms with E-state index in [4.69, 9.17) is 4.74 Å². The zero-order valence-corrected chi connectivity index (χ0v) is 19.3. The van der Waals surface area contributed by atoms with Gasteiger partial charge in [-0.1, -0.05) is 18.2 Å². The minimum atomic E-state index is -3.49. The van der Waals surface area contributed by atoms with Gasteiger partial charge in [0.25, 0.3) is 5.91 Å². The minimum Gasteiger partial charge on any atom is -0.487 e. The van der Waals surface area contributed by atoms with Gasteiger partial charge in [-0.2, -0.15) is 4.31 Å². The molecule has 172 valence electrons. The number of nitrogens with one attached hydrogen (secondary N) is 1. The highest BCUT2D eigenvalue weighted by Gasteiger charge is 2.27. The molecule has 1 aliphatic rings. The van der Waals surface area contributed by atoms with Crippen LogP contribution in [0.15, 0.2) is 77.8 Å². The van der Waals surface area contributed by atoms with Gasteiger partial charge in [-0.05, 0) is 73.9 Å². The largest absolute Gasteiger partial charge is 0.487 e.